The third-order valence-corrected chi connectivity index (χ3v) is 2.53. The Bertz CT molecular complexity index is 213. The van der Waals surface area contributed by atoms with E-state index in [1.807, 2.05) is 0 Å². The fraction of sp³-hybridized carbons (Fsp3) is 0.818. The lowest BCUT2D eigenvalue weighted by Crippen LogP contribution is -2.30. The van der Waals surface area contributed by atoms with E-state index in [9.17, 15) is 9.59 Å². The molecule has 86 valence electrons. The highest BCUT2D eigenvalue weighted by molar-refractivity contribution is 5.70. The number of carbonyl (C=O) groups is 2. The first-order valence-electron chi connectivity index (χ1n) is 5.56. The van der Waals surface area contributed by atoms with Crippen molar-refractivity contribution in [2.45, 2.75) is 58.2 Å². The molecule has 2 atom stereocenters. The van der Waals surface area contributed by atoms with Gasteiger partial charge in [-0.25, -0.2) is 0 Å². The quantitative estimate of drug-likeness (QED) is 0.670. The summed E-state index contributed by atoms with van der Waals surface area (Å²) in [5.74, 6) is -0.445. The van der Waals surface area contributed by atoms with E-state index < -0.39 is 0 Å². The van der Waals surface area contributed by atoms with Crippen molar-refractivity contribution < 1.29 is 19.1 Å². The van der Waals surface area contributed by atoms with E-state index in [0.29, 0.717) is 12.8 Å². The van der Waals surface area contributed by atoms with Gasteiger partial charge < -0.3 is 9.47 Å². The lowest BCUT2D eigenvalue weighted by Gasteiger charge is -2.19. The molecule has 0 aromatic carbocycles. The van der Waals surface area contributed by atoms with E-state index in [1.54, 1.807) is 13.8 Å². The van der Waals surface area contributed by atoms with E-state index in [0.717, 1.165) is 19.3 Å². The minimum Gasteiger partial charge on any atom is -0.458 e. The van der Waals surface area contributed by atoms with Crippen LogP contribution in [0.3, 0.4) is 0 Å². The molecule has 0 aromatic rings. The second-order valence-corrected chi connectivity index (χ2v) is 3.69. The van der Waals surface area contributed by atoms with Crippen LogP contribution in [0.25, 0.3) is 0 Å². The van der Waals surface area contributed by atoms with Gasteiger partial charge in [-0.1, -0.05) is 13.8 Å². The van der Waals surface area contributed by atoms with Crippen LogP contribution in [-0.4, -0.2) is 24.1 Å². The summed E-state index contributed by atoms with van der Waals surface area (Å²) in [4.78, 5) is 22.2. The highest BCUT2D eigenvalue weighted by Crippen LogP contribution is 2.25. The molecule has 0 aromatic heterocycles. The van der Waals surface area contributed by atoms with Crippen LogP contribution in [0.15, 0.2) is 0 Å². The normalized spacial score (nSPS) is 24.9. The Balaban J connectivity index is 2.42. The Hall–Kier alpha value is -1.06. The molecule has 1 aliphatic carbocycles. The molecule has 0 saturated heterocycles. The zero-order valence-electron chi connectivity index (χ0n) is 9.32. The van der Waals surface area contributed by atoms with Crippen molar-refractivity contribution in [2.24, 2.45) is 0 Å². The molecule has 1 aliphatic rings. The maximum absolute atomic E-state index is 11.1. The summed E-state index contributed by atoms with van der Waals surface area (Å²) >= 11 is 0. The molecule has 0 unspecified atom stereocenters. The van der Waals surface area contributed by atoms with Gasteiger partial charge in [-0.2, -0.15) is 0 Å². The molecule has 0 N–H and O–H groups in total. The monoisotopic (exact) mass is 214 g/mol. The van der Waals surface area contributed by atoms with Gasteiger partial charge in [0, 0.05) is 12.8 Å². The van der Waals surface area contributed by atoms with Gasteiger partial charge in [0.15, 0.2) is 0 Å². The van der Waals surface area contributed by atoms with Crippen LogP contribution in [-0.2, 0) is 19.1 Å². The molecule has 0 heterocycles. The standard InChI is InChI=1S/C11H18O4/c1-3-10(12)14-8-6-5-7-9(8)15-11(13)4-2/h8-9H,3-7H2,1-2H3/t8-,9-/m0/s1. The van der Waals surface area contributed by atoms with Crippen molar-refractivity contribution in [3.63, 3.8) is 0 Å². The van der Waals surface area contributed by atoms with E-state index in [1.165, 1.54) is 0 Å². The molecule has 0 spiro atoms. The molecule has 1 fully saturated rings. The van der Waals surface area contributed by atoms with Crippen molar-refractivity contribution in [2.75, 3.05) is 0 Å². The van der Waals surface area contributed by atoms with E-state index in [-0.39, 0.29) is 24.1 Å². The van der Waals surface area contributed by atoms with Crippen LogP contribution in [0.1, 0.15) is 46.0 Å². The third-order valence-electron chi connectivity index (χ3n) is 2.53. The Labute approximate surface area is 89.9 Å². The molecule has 0 amide bonds. The van der Waals surface area contributed by atoms with Crippen LogP contribution >= 0.6 is 0 Å². The second-order valence-electron chi connectivity index (χ2n) is 3.69. The highest BCUT2D eigenvalue weighted by atomic mass is 16.6. The summed E-state index contributed by atoms with van der Waals surface area (Å²) in [7, 11) is 0. The number of ether oxygens (including phenoxy) is 2. The summed E-state index contributed by atoms with van der Waals surface area (Å²) < 4.78 is 10.4. The summed E-state index contributed by atoms with van der Waals surface area (Å²) in [6.45, 7) is 3.51. The molecule has 4 heteroatoms. The number of carbonyl (C=O) groups excluding carboxylic acids is 2. The summed E-state index contributed by atoms with van der Waals surface area (Å²) in [6.07, 6.45) is 2.82. The Morgan fingerprint density at radius 1 is 1.00 bits per heavy atom. The fourth-order valence-corrected chi connectivity index (χ4v) is 1.67. The molecule has 0 radical (unpaired) electrons. The largest absolute Gasteiger partial charge is 0.458 e. The molecule has 15 heavy (non-hydrogen) atoms. The zero-order chi connectivity index (χ0) is 11.3. The average molecular weight is 214 g/mol. The minimum absolute atomic E-state index is 0.223. The first-order valence-corrected chi connectivity index (χ1v) is 5.56. The average Bonchev–Trinajstić information content (AvgIpc) is 2.65. The molecule has 0 aliphatic heterocycles. The molecule has 0 bridgehead atoms. The summed E-state index contributed by atoms with van der Waals surface area (Å²) in [6, 6.07) is 0. The molecular weight excluding hydrogens is 196 g/mol. The lowest BCUT2D eigenvalue weighted by atomic mass is 10.2. The zero-order valence-corrected chi connectivity index (χ0v) is 9.32. The van der Waals surface area contributed by atoms with Gasteiger partial charge in [0.2, 0.25) is 0 Å². The summed E-state index contributed by atoms with van der Waals surface area (Å²) in [5.41, 5.74) is 0. The topological polar surface area (TPSA) is 52.6 Å². The molecular formula is C11H18O4. The maximum Gasteiger partial charge on any atom is 0.305 e. The van der Waals surface area contributed by atoms with Crippen LogP contribution in [0.4, 0.5) is 0 Å². The number of esters is 2. The van der Waals surface area contributed by atoms with Crippen LogP contribution < -0.4 is 0 Å². The maximum atomic E-state index is 11.1. The Morgan fingerprint density at radius 3 is 1.73 bits per heavy atom. The smallest absolute Gasteiger partial charge is 0.305 e. The second kappa shape index (κ2) is 5.73. The van der Waals surface area contributed by atoms with Crippen molar-refractivity contribution >= 4 is 11.9 Å². The molecule has 4 nitrogen and oxygen atoms in total. The number of rotatable bonds is 4. The number of hydrogen-bond acceptors (Lipinski definition) is 4. The van der Waals surface area contributed by atoms with Crippen molar-refractivity contribution in [3.8, 4) is 0 Å². The third kappa shape index (κ3) is 3.53. The SMILES string of the molecule is CCC(=O)O[C@H]1CCC[C@@H]1OC(=O)CC. The fourth-order valence-electron chi connectivity index (χ4n) is 1.67. The lowest BCUT2D eigenvalue weighted by molar-refractivity contribution is -0.164. The van der Waals surface area contributed by atoms with Crippen LogP contribution in [0.5, 0.6) is 0 Å². The van der Waals surface area contributed by atoms with E-state index in [4.69, 9.17) is 9.47 Å². The van der Waals surface area contributed by atoms with Crippen molar-refractivity contribution in [1.82, 2.24) is 0 Å². The number of hydrogen-bond donors (Lipinski definition) is 0. The molecule has 1 rings (SSSR count). The van der Waals surface area contributed by atoms with Gasteiger partial charge in [-0.05, 0) is 19.3 Å². The Morgan fingerprint density at radius 2 is 1.40 bits per heavy atom. The first kappa shape index (κ1) is 12.0. The van der Waals surface area contributed by atoms with Gasteiger partial charge in [0.1, 0.15) is 12.2 Å². The predicted octanol–water partition coefficient (Wildman–Crippen LogP) is 1.81. The van der Waals surface area contributed by atoms with Gasteiger partial charge >= 0.3 is 11.9 Å². The van der Waals surface area contributed by atoms with Crippen LogP contribution in [0.2, 0.25) is 0 Å². The van der Waals surface area contributed by atoms with Gasteiger partial charge in [-0.3, -0.25) is 9.59 Å². The van der Waals surface area contributed by atoms with Gasteiger partial charge in [0.05, 0.1) is 0 Å². The summed E-state index contributed by atoms with van der Waals surface area (Å²) in [5, 5.41) is 0. The predicted molar refractivity (Wildman–Crippen MR) is 54.2 cm³/mol. The van der Waals surface area contributed by atoms with Crippen molar-refractivity contribution in [3.05, 3.63) is 0 Å². The highest BCUT2D eigenvalue weighted by Gasteiger charge is 2.32. The molecule has 1 saturated carbocycles. The van der Waals surface area contributed by atoms with Gasteiger partial charge in [-0.15, -0.1) is 0 Å². The minimum atomic E-state index is -0.229. The Kier molecular flexibility index (Phi) is 4.59. The van der Waals surface area contributed by atoms with Crippen LogP contribution in [0, 0.1) is 0 Å². The van der Waals surface area contributed by atoms with Crippen molar-refractivity contribution in [1.29, 1.82) is 0 Å². The van der Waals surface area contributed by atoms with E-state index >= 15 is 0 Å². The van der Waals surface area contributed by atoms with Gasteiger partial charge in [0.25, 0.3) is 0 Å². The first-order chi connectivity index (χ1) is 7.17. The van der Waals surface area contributed by atoms with E-state index in [2.05, 4.69) is 0 Å².